The number of carbonyl (C=O) groups excluding carboxylic acids is 1. The first-order valence-electron chi connectivity index (χ1n) is 6.61. The van der Waals surface area contributed by atoms with Crippen LogP contribution in [0.4, 0.5) is 4.39 Å². The van der Waals surface area contributed by atoms with E-state index in [1.54, 1.807) is 18.2 Å². The van der Waals surface area contributed by atoms with Crippen molar-refractivity contribution in [2.45, 2.75) is 19.9 Å². The molecule has 0 saturated heterocycles. The number of thiazole rings is 1. The zero-order valence-corrected chi connectivity index (χ0v) is 11.9. The fraction of sp³-hybridized carbons (Fsp3) is 0.333. The largest absolute Gasteiger partial charge is 0.319 e. The van der Waals surface area contributed by atoms with Crippen LogP contribution in [0.1, 0.15) is 18.9 Å². The third-order valence-electron chi connectivity index (χ3n) is 3.59. The molecule has 104 valence electrons. The Kier molecular flexibility index (Phi) is 3.53. The van der Waals surface area contributed by atoms with Crippen LogP contribution in [0.15, 0.2) is 40.8 Å². The number of hydrogen-bond donors (Lipinski definition) is 0. The van der Waals surface area contributed by atoms with Gasteiger partial charge in [0.1, 0.15) is 5.82 Å². The highest BCUT2D eigenvalue weighted by Gasteiger charge is 2.39. The van der Waals surface area contributed by atoms with Crippen LogP contribution in [-0.2, 0) is 11.3 Å². The van der Waals surface area contributed by atoms with Crippen molar-refractivity contribution in [1.29, 1.82) is 0 Å². The molecule has 0 bridgehead atoms. The molecule has 1 aliphatic carbocycles. The summed E-state index contributed by atoms with van der Waals surface area (Å²) in [7, 11) is 0. The first-order valence-corrected chi connectivity index (χ1v) is 7.49. The Morgan fingerprint density at radius 2 is 2.25 bits per heavy atom. The van der Waals surface area contributed by atoms with Crippen LogP contribution in [0.5, 0.6) is 0 Å². The maximum atomic E-state index is 13.7. The van der Waals surface area contributed by atoms with Gasteiger partial charge in [-0.2, -0.15) is 4.99 Å². The fourth-order valence-corrected chi connectivity index (χ4v) is 2.89. The first-order chi connectivity index (χ1) is 9.65. The lowest BCUT2D eigenvalue weighted by Crippen LogP contribution is -2.18. The number of halogens is 1. The van der Waals surface area contributed by atoms with E-state index in [1.165, 1.54) is 17.4 Å². The molecule has 3 nitrogen and oxygen atoms in total. The Morgan fingerprint density at radius 1 is 1.50 bits per heavy atom. The number of amides is 1. The van der Waals surface area contributed by atoms with E-state index in [0.717, 1.165) is 6.42 Å². The summed E-state index contributed by atoms with van der Waals surface area (Å²) in [6, 6.07) is 6.66. The second kappa shape index (κ2) is 5.32. The molecule has 1 fully saturated rings. The van der Waals surface area contributed by atoms with Crippen LogP contribution < -0.4 is 4.80 Å². The van der Waals surface area contributed by atoms with Gasteiger partial charge in [0.05, 0.1) is 6.54 Å². The van der Waals surface area contributed by atoms with Crippen molar-refractivity contribution in [2.24, 2.45) is 16.8 Å². The Hall–Kier alpha value is -1.75. The lowest BCUT2D eigenvalue weighted by molar-refractivity contribution is -0.119. The Bertz CT molecular complexity index is 704. The van der Waals surface area contributed by atoms with Gasteiger partial charge in [0.15, 0.2) is 4.80 Å². The van der Waals surface area contributed by atoms with Gasteiger partial charge in [0, 0.05) is 23.1 Å². The molecule has 5 heteroatoms. The van der Waals surface area contributed by atoms with Crippen LogP contribution >= 0.6 is 11.3 Å². The number of carbonyl (C=O) groups is 1. The van der Waals surface area contributed by atoms with Gasteiger partial charge in [0.2, 0.25) is 0 Å². The molecule has 0 radical (unpaired) electrons. The van der Waals surface area contributed by atoms with E-state index >= 15 is 0 Å². The number of nitrogens with zero attached hydrogens (tertiary/aromatic N) is 2. The molecule has 0 spiro atoms. The summed E-state index contributed by atoms with van der Waals surface area (Å²) < 4.78 is 15.5. The average molecular weight is 290 g/mol. The van der Waals surface area contributed by atoms with Gasteiger partial charge in [-0.25, -0.2) is 4.39 Å². The number of aromatic nitrogens is 1. The summed E-state index contributed by atoms with van der Waals surface area (Å²) in [5.41, 5.74) is 0.597. The van der Waals surface area contributed by atoms with Crippen molar-refractivity contribution in [3.8, 4) is 0 Å². The van der Waals surface area contributed by atoms with E-state index in [0.29, 0.717) is 22.8 Å². The quantitative estimate of drug-likeness (QED) is 0.856. The van der Waals surface area contributed by atoms with Crippen molar-refractivity contribution in [3.05, 3.63) is 52.0 Å². The molecule has 20 heavy (non-hydrogen) atoms. The van der Waals surface area contributed by atoms with Crippen molar-refractivity contribution in [3.63, 3.8) is 0 Å². The number of hydrogen-bond acceptors (Lipinski definition) is 2. The van der Waals surface area contributed by atoms with Crippen LogP contribution in [0.2, 0.25) is 0 Å². The Labute approximate surface area is 120 Å². The molecule has 1 heterocycles. The van der Waals surface area contributed by atoms with Gasteiger partial charge in [-0.1, -0.05) is 25.1 Å². The van der Waals surface area contributed by atoms with Crippen LogP contribution in [-0.4, -0.2) is 10.5 Å². The normalized spacial score (nSPS) is 22.0. The van der Waals surface area contributed by atoms with Gasteiger partial charge in [-0.3, -0.25) is 4.79 Å². The molecule has 0 unspecified atom stereocenters. The van der Waals surface area contributed by atoms with E-state index in [9.17, 15) is 9.18 Å². The van der Waals surface area contributed by atoms with E-state index in [2.05, 4.69) is 11.9 Å². The highest BCUT2D eigenvalue weighted by atomic mass is 32.1. The van der Waals surface area contributed by atoms with Gasteiger partial charge in [-0.15, -0.1) is 11.3 Å². The number of rotatable bonds is 3. The van der Waals surface area contributed by atoms with Gasteiger partial charge in [0.25, 0.3) is 5.91 Å². The smallest absolute Gasteiger partial charge is 0.251 e. The van der Waals surface area contributed by atoms with Gasteiger partial charge in [-0.05, 0) is 18.4 Å². The predicted octanol–water partition coefficient (Wildman–Crippen LogP) is 2.82. The second-order valence-corrected chi connectivity index (χ2v) is 6.05. The molecule has 1 aromatic heterocycles. The lowest BCUT2D eigenvalue weighted by Gasteiger charge is -2.04. The molecule has 3 rings (SSSR count). The first kappa shape index (κ1) is 13.2. The minimum Gasteiger partial charge on any atom is -0.319 e. The molecule has 1 amide bonds. The molecule has 1 aromatic carbocycles. The molecular formula is C15H15FN2OS. The van der Waals surface area contributed by atoms with Gasteiger partial charge < -0.3 is 4.57 Å². The molecule has 0 aliphatic heterocycles. The van der Waals surface area contributed by atoms with Crippen LogP contribution in [0.3, 0.4) is 0 Å². The average Bonchev–Trinajstić information content (AvgIpc) is 3.01. The predicted molar refractivity (Wildman–Crippen MR) is 75.7 cm³/mol. The molecule has 1 saturated carbocycles. The molecule has 0 N–H and O–H groups in total. The molecular weight excluding hydrogens is 275 g/mol. The van der Waals surface area contributed by atoms with E-state index in [4.69, 9.17) is 0 Å². The minimum atomic E-state index is -0.237. The zero-order chi connectivity index (χ0) is 14.1. The maximum absolute atomic E-state index is 13.7. The highest BCUT2D eigenvalue weighted by Crippen LogP contribution is 2.38. The van der Waals surface area contributed by atoms with Crippen molar-refractivity contribution in [2.75, 3.05) is 0 Å². The van der Waals surface area contributed by atoms with Crippen molar-refractivity contribution < 1.29 is 9.18 Å². The summed E-state index contributed by atoms with van der Waals surface area (Å²) >= 11 is 1.40. The molecule has 2 atom stereocenters. The lowest BCUT2D eigenvalue weighted by atomic mass is 10.2. The van der Waals surface area contributed by atoms with E-state index in [1.807, 2.05) is 16.1 Å². The third-order valence-corrected chi connectivity index (χ3v) is 4.39. The summed E-state index contributed by atoms with van der Waals surface area (Å²) in [6.45, 7) is 2.45. The van der Waals surface area contributed by atoms with Crippen LogP contribution in [0, 0.1) is 17.7 Å². The Balaban J connectivity index is 1.85. The van der Waals surface area contributed by atoms with Crippen molar-refractivity contribution >= 4 is 17.2 Å². The van der Waals surface area contributed by atoms with Crippen molar-refractivity contribution in [1.82, 2.24) is 4.57 Å². The standard InChI is InChI=1S/C15H15FN2OS/c1-10-8-12(10)14(19)17-15-18(6-7-20-15)9-11-4-2-3-5-13(11)16/h2-7,10,12H,8-9H2,1H3/t10-,12-/m1/s1. The Morgan fingerprint density at radius 3 is 2.95 bits per heavy atom. The summed E-state index contributed by atoms with van der Waals surface area (Å²) in [5.74, 6) is 0.242. The summed E-state index contributed by atoms with van der Waals surface area (Å²) in [6.07, 6.45) is 2.76. The third kappa shape index (κ3) is 2.72. The highest BCUT2D eigenvalue weighted by molar-refractivity contribution is 7.07. The number of benzene rings is 1. The molecule has 1 aliphatic rings. The fourth-order valence-electron chi connectivity index (χ4n) is 2.16. The zero-order valence-electron chi connectivity index (χ0n) is 11.1. The minimum absolute atomic E-state index is 0.0535. The molecule has 2 aromatic rings. The van der Waals surface area contributed by atoms with Crippen LogP contribution in [0.25, 0.3) is 0 Å². The second-order valence-electron chi connectivity index (χ2n) is 5.17. The summed E-state index contributed by atoms with van der Waals surface area (Å²) in [4.78, 5) is 16.7. The van der Waals surface area contributed by atoms with E-state index in [-0.39, 0.29) is 17.6 Å². The maximum Gasteiger partial charge on any atom is 0.251 e. The summed E-state index contributed by atoms with van der Waals surface area (Å²) in [5, 5.41) is 1.86. The monoisotopic (exact) mass is 290 g/mol. The SMILES string of the molecule is C[C@@H]1C[C@H]1C(=O)N=c1sccn1Cc1ccccc1F. The topological polar surface area (TPSA) is 34.4 Å². The van der Waals surface area contributed by atoms with Gasteiger partial charge >= 0.3 is 0 Å². The van der Waals surface area contributed by atoms with E-state index < -0.39 is 0 Å².